The van der Waals surface area contributed by atoms with Crippen molar-refractivity contribution in [1.82, 2.24) is 0 Å². The second kappa shape index (κ2) is 4.45. The normalized spacial score (nSPS) is 13.6. The molecule has 0 heterocycles. The van der Waals surface area contributed by atoms with Crippen molar-refractivity contribution in [2.75, 3.05) is 0 Å². The third-order valence-corrected chi connectivity index (χ3v) is 2.74. The molecule has 10 heavy (non-hydrogen) atoms. The van der Waals surface area contributed by atoms with Gasteiger partial charge >= 0.3 is 5.97 Å². The van der Waals surface area contributed by atoms with E-state index in [4.69, 9.17) is 5.11 Å². The summed E-state index contributed by atoms with van der Waals surface area (Å²) in [4.78, 5) is 9.85. The second-order valence-corrected chi connectivity index (χ2v) is 3.98. The van der Waals surface area contributed by atoms with Gasteiger partial charge in [0.25, 0.3) is 0 Å². The van der Waals surface area contributed by atoms with E-state index in [1.807, 2.05) is 20.8 Å². The van der Waals surface area contributed by atoms with Crippen molar-refractivity contribution >= 4 is 21.9 Å². The summed E-state index contributed by atoms with van der Waals surface area (Å²) < 4.78 is 0. The van der Waals surface area contributed by atoms with E-state index in [1.165, 1.54) is 0 Å². The molecule has 0 spiro atoms. The molecule has 0 aliphatic carbocycles. The summed E-state index contributed by atoms with van der Waals surface area (Å²) in [6.07, 6.45) is 0. The van der Waals surface area contributed by atoms with E-state index in [2.05, 4.69) is 15.9 Å². The maximum Gasteiger partial charge on any atom is 0.317 e. The predicted octanol–water partition coefficient (Wildman–Crippen LogP) is 1.88. The molecule has 2 nitrogen and oxygen atoms in total. The average molecular weight is 260 g/mol. The largest absolute Gasteiger partial charge is 0.480 e. The van der Waals surface area contributed by atoms with Crippen LogP contribution < -0.4 is 0 Å². The molecule has 0 aromatic rings. The van der Waals surface area contributed by atoms with Crippen LogP contribution in [0.15, 0.2) is 0 Å². The van der Waals surface area contributed by atoms with Crippen molar-refractivity contribution in [3.63, 3.8) is 0 Å². The van der Waals surface area contributed by atoms with Crippen molar-refractivity contribution in [3.05, 3.63) is 0 Å². The molecule has 56 valence electrons. The molecule has 0 rings (SSSR count). The molecule has 0 aromatic heterocycles. The van der Waals surface area contributed by atoms with E-state index < -0.39 is 10.8 Å². The average Bonchev–Trinajstić information content (AvgIpc) is 1.62. The van der Waals surface area contributed by atoms with Crippen molar-refractivity contribution in [2.24, 2.45) is 5.41 Å². The number of carboxylic acid groups (broad SMARTS) is 1. The van der Waals surface area contributed by atoms with Crippen molar-refractivity contribution < 1.29 is 29.4 Å². The first-order chi connectivity index (χ1) is 3.85. The van der Waals surface area contributed by atoms with Gasteiger partial charge in [-0.1, -0.05) is 36.7 Å². The zero-order valence-corrected chi connectivity index (χ0v) is 11.1. The molecule has 0 saturated carbocycles. The van der Waals surface area contributed by atoms with Crippen LogP contribution in [0.2, 0.25) is 0 Å². The van der Waals surface area contributed by atoms with Crippen LogP contribution >= 0.6 is 15.9 Å². The van der Waals surface area contributed by atoms with E-state index in [0.717, 1.165) is 0 Å². The smallest absolute Gasteiger partial charge is 0.317 e. The van der Waals surface area contributed by atoms with E-state index >= 15 is 0 Å². The molecule has 4 heteroatoms. The van der Waals surface area contributed by atoms with Gasteiger partial charge in [-0.2, -0.15) is 0 Å². The third-order valence-electron chi connectivity index (χ3n) is 0.977. The Bertz CT molecular complexity index is 119. The molecular formula is C6H11BrO2Zn. The molecule has 0 saturated heterocycles. The minimum Gasteiger partial charge on any atom is -0.480 e. The minimum atomic E-state index is -0.803. The molecule has 0 radical (unpaired) electrons. The SMILES string of the molecule is CC(C)(C)C(Br)C(=O)O.[Zn]. The number of hydrogen-bond donors (Lipinski definition) is 1. The Labute approximate surface area is 82.3 Å². The fraction of sp³-hybridized carbons (Fsp3) is 0.833. The van der Waals surface area contributed by atoms with Gasteiger partial charge in [0.15, 0.2) is 0 Å². The Hall–Kier alpha value is 0.573. The molecule has 1 N–H and O–H groups in total. The standard InChI is InChI=1S/C6H11BrO2.Zn/c1-6(2,3)4(7)5(8)9;/h4H,1-3H3,(H,8,9);. The van der Waals surface area contributed by atoms with Crippen LogP contribution in [0, 0.1) is 5.41 Å². The summed E-state index contributed by atoms with van der Waals surface area (Å²) in [5.41, 5.74) is -0.203. The number of hydrogen-bond acceptors (Lipinski definition) is 1. The minimum absolute atomic E-state index is 0. The van der Waals surface area contributed by atoms with Gasteiger partial charge in [0.2, 0.25) is 0 Å². The Morgan fingerprint density at radius 3 is 1.80 bits per heavy atom. The molecule has 0 fully saturated rings. The van der Waals surface area contributed by atoms with Crippen molar-refractivity contribution in [2.45, 2.75) is 25.6 Å². The van der Waals surface area contributed by atoms with Crippen LogP contribution in [0.3, 0.4) is 0 Å². The number of aliphatic carboxylic acids is 1. The van der Waals surface area contributed by atoms with Crippen LogP contribution in [0.25, 0.3) is 0 Å². The van der Waals surface area contributed by atoms with Gasteiger partial charge in [-0.25, -0.2) is 0 Å². The molecular weight excluding hydrogens is 249 g/mol. The van der Waals surface area contributed by atoms with E-state index in [-0.39, 0.29) is 24.9 Å². The Morgan fingerprint density at radius 2 is 1.80 bits per heavy atom. The first-order valence-electron chi connectivity index (χ1n) is 2.72. The molecule has 1 atom stereocenters. The van der Waals surface area contributed by atoms with Crippen LogP contribution in [0.5, 0.6) is 0 Å². The Morgan fingerprint density at radius 1 is 1.50 bits per heavy atom. The summed E-state index contributed by atoms with van der Waals surface area (Å²) in [6, 6.07) is 0. The number of carbonyl (C=O) groups is 1. The maximum atomic E-state index is 10.3. The summed E-state index contributed by atoms with van der Waals surface area (Å²) in [6.45, 7) is 5.63. The number of rotatable bonds is 1. The Balaban J connectivity index is 0. The fourth-order valence-electron chi connectivity index (χ4n) is 0.370. The van der Waals surface area contributed by atoms with E-state index in [1.54, 1.807) is 0 Å². The van der Waals surface area contributed by atoms with Crippen LogP contribution in [0.1, 0.15) is 20.8 Å². The fourth-order valence-corrected chi connectivity index (χ4v) is 0.370. The zero-order chi connectivity index (χ0) is 7.65. The summed E-state index contributed by atoms with van der Waals surface area (Å²) >= 11 is 3.06. The van der Waals surface area contributed by atoms with Gasteiger partial charge in [-0.3, -0.25) is 4.79 Å². The number of halogens is 1. The summed E-state index contributed by atoms with van der Waals surface area (Å²) in [5.74, 6) is -0.803. The number of carboxylic acids is 1. The quantitative estimate of drug-likeness (QED) is 0.577. The molecule has 0 bridgehead atoms. The van der Waals surface area contributed by atoms with Gasteiger partial charge in [0, 0.05) is 19.5 Å². The summed E-state index contributed by atoms with van der Waals surface area (Å²) in [5, 5.41) is 8.47. The Kier molecular flexibility index (Phi) is 5.87. The van der Waals surface area contributed by atoms with Crippen LogP contribution in [0.4, 0.5) is 0 Å². The molecule has 1 unspecified atom stereocenters. The molecule has 0 amide bonds. The second-order valence-electron chi connectivity index (χ2n) is 3.07. The van der Waals surface area contributed by atoms with Gasteiger partial charge in [-0.15, -0.1) is 0 Å². The topological polar surface area (TPSA) is 37.3 Å². The first kappa shape index (κ1) is 13.2. The third kappa shape index (κ3) is 4.40. The van der Waals surface area contributed by atoms with E-state index in [0.29, 0.717) is 0 Å². The number of alkyl halides is 1. The van der Waals surface area contributed by atoms with Gasteiger partial charge in [0.05, 0.1) is 0 Å². The van der Waals surface area contributed by atoms with Gasteiger partial charge in [-0.05, 0) is 5.41 Å². The van der Waals surface area contributed by atoms with Crippen LogP contribution in [-0.2, 0) is 24.3 Å². The monoisotopic (exact) mass is 258 g/mol. The molecule has 0 aliphatic rings. The van der Waals surface area contributed by atoms with Crippen LogP contribution in [-0.4, -0.2) is 15.9 Å². The molecule has 0 aliphatic heterocycles. The van der Waals surface area contributed by atoms with Crippen molar-refractivity contribution in [3.8, 4) is 0 Å². The van der Waals surface area contributed by atoms with Crippen molar-refractivity contribution in [1.29, 1.82) is 0 Å². The zero-order valence-electron chi connectivity index (χ0n) is 6.52. The van der Waals surface area contributed by atoms with Gasteiger partial charge < -0.3 is 5.11 Å². The maximum absolute atomic E-state index is 10.3. The predicted molar refractivity (Wildman–Crippen MR) is 39.8 cm³/mol. The summed E-state index contributed by atoms with van der Waals surface area (Å²) in [7, 11) is 0. The molecule has 0 aromatic carbocycles. The van der Waals surface area contributed by atoms with E-state index in [9.17, 15) is 4.79 Å². The first-order valence-corrected chi connectivity index (χ1v) is 3.64. The van der Waals surface area contributed by atoms with Gasteiger partial charge in [0.1, 0.15) is 4.83 Å².